The number of rotatable bonds is 6. The van der Waals surface area contributed by atoms with Crippen molar-refractivity contribution in [3.05, 3.63) is 77.9 Å². The van der Waals surface area contributed by atoms with Crippen LogP contribution in [-0.4, -0.2) is 14.2 Å². The molecule has 0 bridgehead atoms. The first-order valence-electron chi connectivity index (χ1n) is 8.21. The topological polar surface area (TPSA) is 27.7 Å². The van der Waals surface area contributed by atoms with Gasteiger partial charge < -0.3 is 14.2 Å². The van der Waals surface area contributed by atoms with Gasteiger partial charge in [0, 0.05) is 18.2 Å². The Labute approximate surface area is 148 Å². The Balaban J connectivity index is 1.83. The Bertz CT molecular complexity index is 819. The molecule has 3 aromatic rings. The summed E-state index contributed by atoms with van der Waals surface area (Å²) in [4.78, 5) is 0. The summed E-state index contributed by atoms with van der Waals surface area (Å²) < 4.78 is 16.6. The lowest BCUT2D eigenvalue weighted by Gasteiger charge is -2.14. The highest BCUT2D eigenvalue weighted by atomic mass is 16.5. The van der Waals surface area contributed by atoms with E-state index in [0.29, 0.717) is 18.1 Å². The fourth-order valence-corrected chi connectivity index (χ4v) is 2.80. The van der Waals surface area contributed by atoms with Crippen molar-refractivity contribution < 1.29 is 14.2 Å². The van der Waals surface area contributed by atoms with E-state index < -0.39 is 0 Å². The van der Waals surface area contributed by atoms with Crippen LogP contribution in [0.15, 0.2) is 66.7 Å². The van der Waals surface area contributed by atoms with Crippen molar-refractivity contribution in [2.75, 3.05) is 14.2 Å². The average Bonchev–Trinajstić information content (AvgIpc) is 2.67. The van der Waals surface area contributed by atoms with Crippen LogP contribution in [0.5, 0.6) is 17.2 Å². The largest absolute Gasteiger partial charge is 0.496 e. The standard InChI is InChI=1S/C22H22O3/c1-16-18(10-7-11-22(16)17-8-5-4-6-9-17)15-25-21-13-19(23-2)12-20(14-21)24-3/h4-14H,15H2,1-3H3. The Morgan fingerprint density at radius 2 is 1.36 bits per heavy atom. The van der Waals surface area contributed by atoms with Crippen LogP contribution in [0.2, 0.25) is 0 Å². The molecule has 128 valence electrons. The van der Waals surface area contributed by atoms with E-state index in [-0.39, 0.29) is 0 Å². The molecule has 0 saturated carbocycles. The van der Waals surface area contributed by atoms with Crippen LogP contribution in [0.3, 0.4) is 0 Å². The molecule has 3 heteroatoms. The van der Waals surface area contributed by atoms with Gasteiger partial charge >= 0.3 is 0 Å². The quantitative estimate of drug-likeness (QED) is 0.615. The molecule has 0 saturated heterocycles. The summed E-state index contributed by atoms with van der Waals surface area (Å²) in [6, 6.07) is 22.2. The van der Waals surface area contributed by atoms with Crippen LogP contribution in [0.25, 0.3) is 11.1 Å². The van der Waals surface area contributed by atoms with E-state index >= 15 is 0 Å². The molecule has 3 nitrogen and oxygen atoms in total. The number of hydrogen-bond donors (Lipinski definition) is 0. The smallest absolute Gasteiger partial charge is 0.127 e. The second-order valence-corrected chi connectivity index (χ2v) is 5.79. The monoisotopic (exact) mass is 334 g/mol. The van der Waals surface area contributed by atoms with E-state index in [0.717, 1.165) is 11.3 Å². The van der Waals surface area contributed by atoms with Crippen LogP contribution >= 0.6 is 0 Å². The summed E-state index contributed by atoms with van der Waals surface area (Å²) >= 11 is 0. The molecule has 0 spiro atoms. The third-order valence-electron chi connectivity index (χ3n) is 4.25. The van der Waals surface area contributed by atoms with Crippen molar-refractivity contribution in [1.82, 2.24) is 0 Å². The zero-order chi connectivity index (χ0) is 17.6. The van der Waals surface area contributed by atoms with Gasteiger partial charge in [-0.15, -0.1) is 0 Å². The molecule has 3 aromatic carbocycles. The average molecular weight is 334 g/mol. The third kappa shape index (κ3) is 3.94. The fraction of sp³-hybridized carbons (Fsp3) is 0.182. The first kappa shape index (κ1) is 16.9. The van der Waals surface area contributed by atoms with Crippen molar-refractivity contribution in [1.29, 1.82) is 0 Å². The molecule has 0 aromatic heterocycles. The lowest BCUT2D eigenvalue weighted by Crippen LogP contribution is -2.00. The first-order valence-corrected chi connectivity index (χ1v) is 8.21. The van der Waals surface area contributed by atoms with Crippen LogP contribution in [0.1, 0.15) is 11.1 Å². The molecule has 0 fully saturated rings. The lowest BCUT2D eigenvalue weighted by molar-refractivity contribution is 0.300. The Morgan fingerprint density at radius 1 is 0.720 bits per heavy atom. The van der Waals surface area contributed by atoms with Crippen molar-refractivity contribution >= 4 is 0 Å². The Hall–Kier alpha value is -2.94. The predicted octanol–water partition coefficient (Wildman–Crippen LogP) is 5.26. The van der Waals surface area contributed by atoms with E-state index in [9.17, 15) is 0 Å². The van der Waals surface area contributed by atoms with Crippen molar-refractivity contribution in [2.45, 2.75) is 13.5 Å². The third-order valence-corrected chi connectivity index (χ3v) is 4.25. The second-order valence-electron chi connectivity index (χ2n) is 5.79. The highest BCUT2D eigenvalue weighted by molar-refractivity contribution is 5.68. The van der Waals surface area contributed by atoms with Crippen LogP contribution in [0.4, 0.5) is 0 Å². The summed E-state index contributed by atoms with van der Waals surface area (Å²) in [6.07, 6.45) is 0. The van der Waals surface area contributed by atoms with Crippen LogP contribution in [-0.2, 0) is 6.61 Å². The normalized spacial score (nSPS) is 10.4. The minimum absolute atomic E-state index is 0.489. The summed E-state index contributed by atoms with van der Waals surface area (Å²) in [6.45, 7) is 2.62. The number of hydrogen-bond acceptors (Lipinski definition) is 3. The molecule has 3 rings (SSSR count). The summed E-state index contributed by atoms with van der Waals surface area (Å²) in [5.41, 5.74) is 4.82. The Morgan fingerprint density at radius 3 is 2.00 bits per heavy atom. The van der Waals surface area contributed by atoms with Crippen molar-refractivity contribution in [3.63, 3.8) is 0 Å². The van der Waals surface area contributed by atoms with Gasteiger partial charge in [0.05, 0.1) is 14.2 Å². The van der Waals surface area contributed by atoms with Crippen molar-refractivity contribution in [2.24, 2.45) is 0 Å². The molecule has 0 amide bonds. The highest BCUT2D eigenvalue weighted by Gasteiger charge is 2.08. The fourth-order valence-electron chi connectivity index (χ4n) is 2.80. The summed E-state index contributed by atoms with van der Waals surface area (Å²) in [5, 5.41) is 0. The minimum Gasteiger partial charge on any atom is -0.496 e. The highest BCUT2D eigenvalue weighted by Crippen LogP contribution is 2.29. The van der Waals surface area contributed by atoms with Crippen molar-refractivity contribution in [3.8, 4) is 28.4 Å². The minimum atomic E-state index is 0.489. The molecular formula is C22H22O3. The number of ether oxygens (including phenoxy) is 3. The first-order chi connectivity index (χ1) is 12.2. The molecular weight excluding hydrogens is 312 g/mol. The van der Waals surface area contributed by atoms with Gasteiger partial charge in [-0.05, 0) is 29.2 Å². The maximum Gasteiger partial charge on any atom is 0.127 e. The van der Waals surface area contributed by atoms with E-state index in [4.69, 9.17) is 14.2 Å². The van der Waals surface area contributed by atoms with Gasteiger partial charge in [-0.25, -0.2) is 0 Å². The van der Waals surface area contributed by atoms with Gasteiger partial charge in [0.1, 0.15) is 23.9 Å². The molecule has 0 aliphatic carbocycles. The van der Waals surface area contributed by atoms with E-state index in [1.807, 2.05) is 24.3 Å². The molecule has 0 heterocycles. The van der Waals surface area contributed by atoms with E-state index in [2.05, 4.69) is 49.4 Å². The maximum absolute atomic E-state index is 5.99. The number of methoxy groups -OCH3 is 2. The van der Waals surface area contributed by atoms with Crippen LogP contribution in [0, 0.1) is 6.92 Å². The van der Waals surface area contributed by atoms with Gasteiger partial charge in [-0.3, -0.25) is 0 Å². The zero-order valence-corrected chi connectivity index (χ0v) is 14.8. The van der Waals surface area contributed by atoms with Gasteiger partial charge in [-0.1, -0.05) is 48.5 Å². The van der Waals surface area contributed by atoms with Gasteiger partial charge in [0.15, 0.2) is 0 Å². The SMILES string of the molecule is COc1cc(OC)cc(OCc2cccc(-c3ccccc3)c2C)c1. The Kier molecular flexibility index (Phi) is 5.24. The van der Waals surface area contributed by atoms with Gasteiger partial charge in [0.25, 0.3) is 0 Å². The summed E-state index contributed by atoms with van der Waals surface area (Å²) in [5.74, 6) is 2.15. The lowest BCUT2D eigenvalue weighted by atomic mass is 9.97. The molecule has 0 unspecified atom stereocenters. The molecule has 0 atom stereocenters. The second kappa shape index (κ2) is 7.75. The maximum atomic E-state index is 5.99. The summed E-state index contributed by atoms with van der Waals surface area (Å²) in [7, 11) is 3.26. The number of benzene rings is 3. The molecule has 0 aliphatic rings. The van der Waals surface area contributed by atoms with Crippen LogP contribution < -0.4 is 14.2 Å². The molecule has 25 heavy (non-hydrogen) atoms. The van der Waals surface area contributed by atoms with E-state index in [1.54, 1.807) is 14.2 Å². The van der Waals surface area contributed by atoms with Gasteiger partial charge in [0.2, 0.25) is 0 Å². The molecule has 0 N–H and O–H groups in total. The van der Waals surface area contributed by atoms with E-state index in [1.165, 1.54) is 16.7 Å². The molecule has 0 radical (unpaired) electrons. The predicted molar refractivity (Wildman–Crippen MR) is 100 cm³/mol. The van der Waals surface area contributed by atoms with Gasteiger partial charge in [-0.2, -0.15) is 0 Å². The zero-order valence-electron chi connectivity index (χ0n) is 14.8. The molecule has 0 aliphatic heterocycles.